The van der Waals surface area contributed by atoms with Crippen molar-refractivity contribution in [1.82, 2.24) is 4.90 Å². The summed E-state index contributed by atoms with van der Waals surface area (Å²) in [5, 5.41) is 15.6. The van der Waals surface area contributed by atoms with Crippen LogP contribution in [0, 0.1) is 5.41 Å². The molecular formula is C24H28N2O4. The van der Waals surface area contributed by atoms with Gasteiger partial charge in [0.05, 0.1) is 5.54 Å². The molecule has 1 aliphatic carbocycles. The third kappa shape index (κ3) is 4.09. The zero-order chi connectivity index (χ0) is 21.8. The molecule has 0 radical (unpaired) electrons. The van der Waals surface area contributed by atoms with Crippen LogP contribution in [0.5, 0.6) is 0 Å². The van der Waals surface area contributed by atoms with E-state index in [2.05, 4.69) is 84.6 Å². The van der Waals surface area contributed by atoms with Crippen molar-refractivity contribution in [2.24, 2.45) is 5.41 Å². The Morgan fingerprint density at radius 2 is 1.57 bits per heavy atom. The van der Waals surface area contributed by atoms with Gasteiger partial charge in [0.15, 0.2) is 0 Å². The van der Waals surface area contributed by atoms with E-state index < -0.39 is 11.9 Å². The van der Waals surface area contributed by atoms with E-state index in [1.165, 1.54) is 17.7 Å². The molecule has 4 rings (SSSR count). The molecule has 2 unspecified atom stereocenters. The molecule has 0 saturated carbocycles. The number of anilines is 1. The molecule has 1 saturated heterocycles. The average molecular weight is 408 g/mol. The summed E-state index contributed by atoms with van der Waals surface area (Å²) in [6, 6.07) is 8.77. The molecule has 6 nitrogen and oxygen atoms in total. The van der Waals surface area contributed by atoms with Gasteiger partial charge in [-0.15, -0.1) is 0 Å². The second kappa shape index (κ2) is 8.71. The number of benzene rings is 1. The summed E-state index contributed by atoms with van der Waals surface area (Å²) in [6.45, 7) is 2.29. The monoisotopic (exact) mass is 408 g/mol. The quantitative estimate of drug-likeness (QED) is 0.730. The van der Waals surface area contributed by atoms with E-state index in [1.807, 2.05) is 0 Å². The number of hydrogen-bond acceptors (Lipinski definition) is 4. The number of carboxylic acid groups (broad SMARTS) is 2. The van der Waals surface area contributed by atoms with Crippen molar-refractivity contribution in [3.63, 3.8) is 0 Å². The molecular weight excluding hydrogens is 380 g/mol. The highest BCUT2D eigenvalue weighted by atomic mass is 16.4. The molecule has 2 aliphatic heterocycles. The third-order valence-electron chi connectivity index (χ3n) is 6.29. The molecule has 2 N–H and O–H groups in total. The van der Waals surface area contributed by atoms with Gasteiger partial charge in [-0.25, -0.2) is 9.59 Å². The third-order valence-corrected chi connectivity index (χ3v) is 6.29. The molecule has 0 spiro atoms. The van der Waals surface area contributed by atoms with E-state index in [-0.39, 0.29) is 11.0 Å². The van der Waals surface area contributed by atoms with Gasteiger partial charge in [0.25, 0.3) is 0 Å². The van der Waals surface area contributed by atoms with Gasteiger partial charge in [0.1, 0.15) is 0 Å². The number of aliphatic carboxylic acids is 2. The molecule has 1 fully saturated rings. The summed E-state index contributed by atoms with van der Waals surface area (Å²) >= 11 is 0. The van der Waals surface area contributed by atoms with Crippen molar-refractivity contribution in [3.05, 3.63) is 72.4 Å². The Morgan fingerprint density at radius 1 is 0.933 bits per heavy atom. The first-order valence-electron chi connectivity index (χ1n) is 10.0. The molecule has 1 aromatic carbocycles. The number of carboxylic acids is 2. The number of hydrogen-bond donors (Lipinski definition) is 2. The summed E-state index contributed by atoms with van der Waals surface area (Å²) in [7, 11) is 4.52. The summed E-state index contributed by atoms with van der Waals surface area (Å²) in [6.07, 6.45) is 17.6. The lowest BCUT2D eigenvalue weighted by molar-refractivity contribution is -0.134. The highest BCUT2D eigenvalue weighted by Gasteiger charge is 2.52. The Bertz CT molecular complexity index is 917. The molecule has 2 atom stereocenters. The fraction of sp³-hybridized carbons (Fsp3) is 0.333. The number of fused-ring (bicyclic) bond motifs is 1. The van der Waals surface area contributed by atoms with Crippen LogP contribution < -0.4 is 4.90 Å². The predicted octanol–water partition coefficient (Wildman–Crippen LogP) is 3.44. The second-order valence-corrected chi connectivity index (χ2v) is 7.95. The lowest BCUT2D eigenvalue weighted by Crippen LogP contribution is -2.57. The van der Waals surface area contributed by atoms with Crippen LogP contribution >= 0.6 is 0 Å². The van der Waals surface area contributed by atoms with Gasteiger partial charge < -0.3 is 20.0 Å². The number of likely N-dealkylation sites (tertiary alicyclic amines) is 1. The van der Waals surface area contributed by atoms with Crippen LogP contribution in [0.4, 0.5) is 5.69 Å². The smallest absolute Gasteiger partial charge is 0.328 e. The maximum absolute atomic E-state index is 9.55. The highest BCUT2D eigenvalue weighted by Crippen LogP contribution is 2.52. The molecule has 0 bridgehead atoms. The molecule has 158 valence electrons. The van der Waals surface area contributed by atoms with Crippen molar-refractivity contribution >= 4 is 23.7 Å². The van der Waals surface area contributed by atoms with Crippen LogP contribution in [0.2, 0.25) is 0 Å². The van der Waals surface area contributed by atoms with Gasteiger partial charge in [0.2, 0.25) is 0 Å². The molecule has 3 aliphatic rings. The van der Waals surface area contributed by atoms with Gasteiger partial charge in [0, 0.05) is 36.8 Å². The topological polar surface area (TPSA) is 81.1 Å². The molecule has 0 aromatic heterocycles. The maximum atomic E-state index is 9.55. The summed E-state index contributed by atoms with van der Waals surface area (Å²) in [5.74, 6) is -2.51. The van der Waals surface area contributed by atoms with Crippen LogP contribution in [-0.4, -0.2) is 59.8 Å². The standard InChI is InChI=1S/C20H24N2.C4H4O4/c1-21-15-13-19-10-5-6-11-20(19,14-16-21)22(2)18-8-4-3-7-17(18)9-12-19;5-3(6)1-2-4(7)8/h3-12H,13-16H2,1-2H3;1-2H,(H,5,6)(H,7,8). The van der Waals surface area contributed by atoms with E-state index >= 15 is 0 Å². The van der Waals surface area contributed by atoms with E-state index in [4.69, 9.17) is 10.2 Å². The van der Waals surface area contributed by atoms with Crippen molar-refractivity contribution in [3.8, 4) is 0 Å². The summed E-state index contributed by atoms with van der Waals surface area (Å²) < 4.78 is 0. The average Bonchev–Trinajstić information content (AvgIpc) is 2.95. The van der Waals surface area contributed by atoms with Gasteiger partial charge in [-0.2, -0.15) is 0 Å². The zero-order valence-electron chi connectivity index (χ0n) is 17.4. The Labute approximate surface area is 177 Å². The molecule has 6 heteroatoms. The molecule has 0 amide bonds. The van der Waals surface area contributed by atoms with Crippen LogP contribution in [0.3, 0.4) is 0 Å². The highest BCUT2D eigenvalue weighted by molar-refractivity contribution is 5.89. The van der Waals surface area contributed by atoms with Gasteiger partial charge in [-0.1, -0.05) is 54.7 Å². The number of likely N-dealkylation sites (N-methyl/N-ethyl adjacent to an activating group) is 1. The lowest BCUT2D eigenvalue weighted by Gasteiger charge is -2.52. The fourth-order valence-corrected chi connectivity index (χ4v) is 4.61. The number of nitrogens with zero attached hydrogens (tertiary/aromatic N) is 2. The minimum absolute atomic E-state index is 0.0373. The van der Waals surface area contributed by atoms with E-state index in [0.717, 1.165) is 19.5 Å². The van der Waals surface area contributed by atoms with Gasteiger partial charge in [-0.3, -0.25) is 0 Å². The van der Waals surface area contributed by atoms with Gasteiger partial charge >= 0.3 is 11.9 Å². The van der Waals surface area contributed by atoms with Crippen molar-refractivity contribution in [2.75, 3.05) is 32.1 Å². The Balaban J connectivity index is 0.000000275. The Hall–Kier alpha value is -3.12. The zero-order valence-corrected chi connectivity index (χ0v) is 17.4. The van der Waals surface area contributed by atoms with Crippen LogP contribution in [0.25, 0.3) is 6.08 Å². The molecule has 1 aromatic rings. The minimum atomic E-state index is -1.26. The molecule has 2 heterocycles. The SMILES string of the molecule is CN1CCC23C=CC=CC2(CC1)N(C)c1ccccc1C=C3.O=C(O)C=CC(=O)O. The first kappa shape index (κ1) is 21.6. The fourth-order valence-electron chi connectivity index (χ4n) is 4.61. The van der Waals surface area contributed by atoms with E-state index in [1.54, 1.807) is 0 Å². The number of rotatable bonds is 2. The van der Waals surface area contributed by atoms with Crippen LogP contribution in [0.1, 0.15) is 18.4 Å². The number of para-hydroxylation sites is 1. The first-order valence-corrected chi connectivity index (χ1v) is 10.0. The predicted molar refractivity (Wildman–Crippen MR) is 118 cm³/mol. The minimum Gasteiger partial charge on any atom is -0.478 e. The summed E-state index contributed by atoms with van der Waals surface area (Å²) in [5.41, 5.74) is 2.79. The van der Waals surface area contributed by atoms with Crippen LogP contribution in [0.15, 0.2) is 66.8 Å². The van der Waals surface area contributed by atoms with Gasteiger partial charge in [-0.05, 0) is 38.1 Å². The lowest BCUT2D eigenvalue weighted by atomic mass is 9.63. The number of carbonyl (C=O) groups is 2. The number of allylic oxidation sites excluding steroid dienone is 2. The van der Waals surface area contributed by atoms with E-state index in [9.17, 15) is 9.59 Å². The normalized spacial score (nSPS) is 27.2. The first-order chi connectivity index (χ1) is 14.3. The largest absolute Gasteiger partial charge is 0.478 e. The summed E-state index contributed by atoms with van der Waals surface area (Å²) in [4.78, 5) is 24.1. The van der Waals surface area contributed by atoms with Crippen molar-refractivity contribution < 1.29 is 19.8 Å². The molecule has 30 heavy (non-hydrogen) atoms. The van der Waals surface area contributed by atoms with Crippen molar-refractivity contribution in [2.45, 2.75) is 18.4 Å². The van der Waals surface area contributed by atoms with Crippen LogP contribution in [-0.2, 0) is 9.59 Å². The van der Waals surface area contributed by atoms with Crippen molar-refractivity contribution in [1.29, 1.82) is 0 Å². The maximum Gasteiger partial charge on any atom is 0.328 e. The van der Waals surface area contributed by atoms with E-state index in [0.29, 0.717) is 12.2 Å². The Kier molecular flexibility index (Phi) is 6.27. The second-order valence-electron chi connectivity index (χ2n) is 7.95. The Morgan fingerprint density at radius 3 is 2.27 bits per heavy atom.